The summed E-state index contributed by atoms with van der Waals surface area (Å²) in [4.78, 5) is 10.7. The number of halogens is 3. The summed E-state index contributed by atoms with van der Waals surface area (Å²) in [7, 11) is 0. The summed E-state index contributed by atoms with van der Waals surface area (Å²) in [6.07, 6.45) is -2.64. The Bertz CT molecular complexity index is 1040. The smallest absolute Gasteiger partial charge is 0.406 e. The Morgan fingerprint density at radius 2 is 1.90 bits per heavy atom. The summed E-state index contributed by atoms with van der Waals surface area (Å²) < 4.78 is 43.2. The maximum Gasteiger partial charge on any atom is 0.573 e. The van der Waals surface area contributed by atoms with Crippen molar-refractivity contribution in [3.8, 4) is 5.75 Å². The van der Waals surface area contributed by atoms with E-state index in [0.717, 1.165) is 17.1 Å². The highest BCUT2D eigenvalue weighted by atomic mass is 19.4. The average Bonchev–Trinajstić information content (AvgIpc) is 3.10. The molecule has 0 bridgehead atoms. The molecular weight excluding hydrogens is 387 g/mol. The maximum absolute atomic E-state index is 12.5. The molecule has 1 aliphatic heterocycles. The topological polar surface area (TPSA) is 75.8 Å². The number of alkyl halides is 3. The van der Waals surface area contributed by atoms with E-state index in [-0.39, 0.29) is 5.75 Å². The van der Waals surface area contributed by atoms with E-state index in [2.05, 4.69) is 24.7 Å². The number of benzene rings is 1. The van der Waals surface area contributed by atoms with Crippen LogP contribution in [-0.2, 0) is 5.60 Å². The lowest BCUT2D eigenvalue weighted by Crippen LogP contribution is -2.43. The van der Waals surface area contributed by atoms with Gasteiger partial charge in [0.25, 0.3) is 5.78 Å². The molecular formula is C19H20F3N5O2. The largest absolute Gasteiger partial charge is 0.573 e. The van der Waals surface area contributed by atoms with Gasteiger partial charge in [0, 0.05) is 24.3 Å². The molecule has 1 fully saturated rings. The number of hydrogen-bond acceptors (Lipinski definition) is 6. The Morgan fingerprint density at radius 1 is 1.17 bits per heavy atom. The first-order valence-corrected chi connectivity index (χ1v) is 9.17. The second kappa shape index (κ2) is 6.87. The molecule has 1 aliphatic rings. The van der Waals surface area contributed by atoms with E-state index in [1.54, 1.807) is 10.6 Å². The molecule has 3 heterocycles. The van der Waals surface area contributed by atoms with Crippen LogP contribution in [0.15, 0.2) is 30.6 Å². The highest BCUT2D eigenvalue weighted by Gasteiger charge is 2.37. The van der Waals surface area contributed by atoms with Gasteiger partial charge in [-0.1, -0.05) is 12.1 Å². The molecule has 0 saturated carbocycles. The van der Waals surface area contributed by atoms with Crippen LogP contribution in [0.5, 0.6) is 5.75 Å². The van der Waals surface area contributed by atoms with E-state index in [1.165, 1.54) is 24.5 Å². The third-order valence-electron chi connectivity index (χ3n) is 5.37. The van der Waals surface area contributed by atoms with Crippen molar-refractivity contribution in [2.45, 2.75) is 38.7 Å². The van der Waals surface area contributed by atoms with Gasteiger partial charge in [-0.3, -0.25) is 0 Å². The van der Waals surface area contributed by atoms with Crippen LogP contribution in [0, 0.1) is 13.8 Å². The Kier molecular flexibility index (Phi) is 4.60. The Balaban J connectivity index is 1.58. The number of rotatable bonds is 3. The third-order valence-corrected chi connectivity index (χ3v) is 5.37. The zero-order valence-electron chi connectivity index (χ0n) is 15.9. The molecule has 154 valence electrons. The van der Waals surface area contributed by atoms with Gasteiger partial charge in [0.05, 0.1) is 5.60 Å². The Labute approximate surface area is 164 Å². The number of nitrogens with zero attached hydrogens (tertiary/aromatic N) is 5. The third kappa shape index (κ3) is 3.71. The first-order chi connectivity index (χ1) is 13.7. The number of ether oxygens (including phenoxy) is 1. The van der Waals surface area contributed by atoms with E-state index in [4.69, 9.17) is 0 Å². The van der Waals surface area contributed by atoms with E-state index in [1.807, 2.05) is 13.8 Å². The molecule has 0 radical (unpaired) electrons. The summed E-state index contributed by atoms with van der Waals surface area (Å²) in [5.74, 6) is 1.03. The van der Waals surface area contributed by atoms with Crippen molar-refractivity contribution in [1.82, 2.24) is 19.6 Å². The van der Waals surface area contributed by atoms with Crippen LogP contribution >= 0.6 is 0 Å². The van der Waals surface area contributed by atoms with Gasteiger partial charge in [0.15, 0.2) is 0 Å². The van der Waals surface area contributed by atoms with Crippen LogP contribution in [0.4, 0.5) is 19.0 Å². The zero-order chi connectivity index (χ0) is 20.8. The highest BCUT2D eigenvalue weighted by Crippen LogP contribution is 2.37. The number of aromatic nitrogens is 4. The SMILES string of the molecule is Cc1nc2ncnn2c(N2CCC(O)(c3cccc(OC(F)(F)F)c3)CC2)c1C. The minimum absolute atomic E-state index is 0.337. The maximum atomic E-state index is 12.5. The number of piperidine rings is 1. The predicted octanol–water partition coefficient (Wildman–Crippen LogP) is 3.13. The average molecular weight is 407 g/mol. The molecule has 0 unspecified atom stereocenters. The van der Waals surface area contributed by atoms with Gasteiger partial charge in [-0.05, 0) is 44.4 Å². The van der Waals surface area contributed by atoms with Gasteiger partial charge >= 0.3 is 6.36 Å². The fourth-order valence-electron chi connectivity index (χ4n) is 3.75. The Morgan fingerprint density at radius 3 is 2.59 bits per heavy atom. The summed E-state index contributed by atoms with van der Waals surface area (Å²) in [6, 6.07) is 5.55. The van der Waals surface area contributed by atoms with Gasteiger partial charge in [-0.15, -0.1) is 13.2 Å². The lowest BCUT2D eigenvalue weighted by molar-refractivity contribution is -0.274. The van der Waals surface area contributed by atoms with Gasteiger partial charge in [0.1, 0.15) is 17.9 Å². The molecule has 0 spiro atoms. The Hall–Kier alpha value is -2.88. The lowest BCUT2D eigenvalue weighted by Gasteiger charge is -2.40. The number of aryl methyl sites for hydroxylation is 1. The fraction of sp³-hybridized carbons (Fsp3) is 0.421. The summed E-state index contributed by atoms with van der Waals surface area (Å²) in [5.41, 5.74) is 0.985. The molecule has 29 heavy (non-hydrogen) atoms. The molecule has 1 aromatic carbocycles. The second-order valence-electron chi connectivity index (χ2n) is 7.21. The standard InChI is InChI=1S/C19H20F3N5O2/c1-12-13(2)25-17-23-11-24-27(17)16(12)26-8-6-18(28,7-9-26)14-4-3-5-15(10-14)29-19(20,21)22/h3-5,10-11,28H,6-9H2,1-2H3. The summed E-state index contributed by atoms with van der Waals surface area (Å²) in [5, 5.41) is 15.4. The van der Waals surface area contributed by atoms with Crippen molar-refractivity contribution in [1.29, 1.82) is 0 Å². The second-order valence-corrected chi connectivity index (χ2v) is 7.21. The monoisotopic (exact) mass is 407 g/mol. The predicted molar refractivity (Wildman–Crippen MR) is 98.7 cm³/mol. The van der Waals surface area contributed by atoms with Crippen molar-refractivity contribution in [3.05, 3.63) is 47.4 Å². The zero-order valence-corrected chi connectivity index (χ0v) is 15.9. The van der Waals surface area contributed by atoms with Crippen molar-refractivity contribution in [2.24, 2.45) is 0 Å². The van der Waals surface area contributed by atoms with E-state index >= 15 is 0 Å². The number of fused-ring (bicyclic) bond motifs is 1. The molecule has 3 aromatic rings. The molecule has 1 N–H and O–H groups in total. The minimum atomic E-state index is -4.77. The van der Waals surface area contributed by atoms with Crippen LogP contribution in [0.3, 0.4) is 0 Å². The molecule has 10 heteroatoms. The van der Waals surface area contributed by atoms with Crippen LogP contribution in [-0.4, -0.2) is 44.1 Å². The van der Waals surface area contributed by atoms with Gasteiger partial charge in [0.2, 0.25) is 0 Å². The summed E-state index contributed by atoms with van der Waals surface area (Å²) >= 11 is 0. The molecule has 0 atom stereocenters. The molecule has 0 amide bonds. The molecule has 1 saturated heterocycles. The van der Waals surface area contributed by atoms with Crippen LogP contribution in [0.2, 0.25) is 0 Å². The minimum Gasteiger partial charge on any atom is -0.406 e. The molecule has 2 aromatic heterocycles. The summed E-state index contributed by atoms with van der Waals surface area (Å²) in [6.45, 7) is 4.86. The van der Waals surface area contributed by atoms with E-state index in [9.17, 15) is 18.3 Å². The van der Waals surface area contributed by atoms with E-state index in [0.29, 0.717) is 37.3 Å². The van der Waals surface area contributed by atoms with Crippen LogP contribution in [0.25, 0.3) is 5.78 Å². The van der Waals surface area contributed by atoms with Crippen LogP contribution in [0.1, 0.15) is 29.7 Å². The molecule has 7 nitrogen and oxygen atoms in total. The first kappa shape index (κ1) is 19.4. The lowest BCUT2D eigenvalue weighted by atomic mass is 9.84. The van der Waals surface area contributed by atoms with Gasteiger partial charge in [-0.2, -0.15) is 14.6 Å². The highest BCUT2D eigenvalue weighted by molar-refractivity contribution is 5.54. The van der Waals surface area contributed by atoms with Gasteiger partial charge in [-0.25, -0.2) is 4.98 Å². The van der Waals surface area contributed by atoms with Crippen molar-refractivity contribution in [2.75, 3.05) is 18.0 Å². The van der Waals surface area contributed by atoms with Crippen LogP contribution < -0.4 is 9.64 Å². The van der Waals surface area contributed by atoms with Crippen molar-refractivity contribution in [3.63, 3.8) is 0 Å². The number of anilines is 1. The first-order valence-electron chi connectivity index (χ1n) is 9.17. The fourth-order valence-corrected chi connectivity index (χ4v) is 3.75. The van der Waals surface area contributed by atoms with Crippen molar-refractivity contribution < 1.29 is 23.0 Å². The quantitative estimate of drug-likeness (QED) is 0.719. The normalized spacial score (nSPS) is 17.0. The number of aliphatic hydroxyl groups is 1. The molecule has 0 aliphatic carbocycles. The van der Waals surface area contributed by atoms with E-state index < -0.39 is 12.0 Å². The molecule has 4 rings (SSSR count). The number of hydrogen-bond donors (Lipinski definition) is 1. The van der Waals surface area contributed by atoms with Gasteiger partial charge < -0.3 is 14.7 Å². The van der Waals surface area contributed by atoms with Crippen molar-refractivity contribution >= 4 is 11.6 Å².